The van der Waals surface area contributed by atoms with Crippen molar-refractivity contribution in [1.29, 1.82) is 0 Å². The summed E-state index contributed by atoms with van der Waals surface area (Å²) < 4.78 is 36.3. The molecule has 0 radical (unpaired) electrons. The zero-order valence-corrected chi connectivity index (χ0v) is 15.3. The number of likely N-dealkylation sites (N-methyl/N-ethyl adjacent to an activating group) is 1. The minimum atomic E-state index is -3.99. The third-order valence-corrected chi connectivity index (χ3v) is 4.44. The van der Waals surface area contributed by atoms with Crippen LogP contribution in [0.4, 0.5) is 0 Å². The number of esters is 2. The van der Waals surface area contributed by atoms with Crippen LogP contribution in [0.25, 0.3) is 0 Å². The van der Waals surface area contributed by atoms with Crippen LogP contribution in [0.2, 0.25) is 0 Å². The Morgan fingerprint density at radius 1 is 1.08 bits per heavy atom. The SMILES string of the molecule is CCNCCNS(=O)(=O)c1cc(C(=O)OC)ccc1C(=O)OC.Cl. The van der Waals surface area contributed by atoms with Gasteiger partial charge in [-0.15, -0.1) is 12.4 Å². The van der Waals surface area contributed by atoms with Crippen LogP contribution in [0.5, 0.6) is 0 Å². The summed E-state index contributed by atoms with van der Waals surface area (Å²) in [6.45, 7) is 3.16. The van der Waals surface area contributed by atoms with E-state index in [-0.39, 0.29) is 35.0 Å². The lowest BCUT2D eigenvalue weighted by atomic mass is 10.1. The topological polar surface area (TPSA) is 111 Å². The molecular formula is C14H21ClN2O6S. The average Bonchev–Trinajstić information content (AvgIpc) is 2.56. The normalized spacial score (nSPS) is 10.6. The quantitative estimate of drug-likeness (QED) is 0.501. The molecule has 0 aliphatic heterocycles. The highest BCUT2D eigenvalue weighted by atomic mass is 35.5. The van der Waals surface area contributed by atoms with Crippen LogP contribution in [0.15, 0.2) is 23.1 Å². The van der Waals surface area contributed by atoms with Gasteiger partial charge in [0.25, 0.3) is 0 Å². The fourth-order valence-electron chi connectivity index (χ4n) is 1.80. The molecule has 0 saturated heterocycles. The highest BCUT2D eigenvalue weighted by Crippen LogP contribution is 2.19. The first-order valence-corrected chi connectivity index (χ1v) is 8.36. The van der Waals surface area contributed by atoms with Gasteiger partial charge in [-0.3, -0.25) is 0 Å². The molecule has 8 nitrogen and oxygen atoms in total. The van der Waals surface area contributed by atoms with Crippen LogP contribution in [0.1, 0.15) is 27.6 Å². The Balaban J connectivity index is 0.00000529. The summed E-state index contributed by atoms with van der Waals surface area (Å²) in [6, 6.07) is 3.61. The molecule has 1 rings (SSSR count). The molecule has 136 valence electrons. The molecule has 0 spiro atoms. The number of methoxy groups -OCH3 is 2. The molecule has 1 aromatic carbocycles. The maximum absolute atomic E-state index is 12.4. The van der Waals surface area contributed by atoms with Crippen molar-refractivity contribution in [3.8, 4) is 0 Å². The molecule has 0 saturated carbocycles. The smallest absolute Gasteiger partial charge is 0.339 e. The van der Waals surface area contributed by atoms with Crippen molar-refractivity contribution in [2.75, 3.05) is 33.9 Å². The number of rotatable bonds is 8. The summed E-state index contributed by atoms with van der Waals surface area (Å²) in [4.78, 5) is 23.0. The zero-order valence-electron chi connectivity index (χ0n) is 13.6. The number of halogens is 1. The van der Waals surface area contributed by atoms with Crippen molar-refractivity contribution in [2.24, 2.45) is 0 Å². The molecule has 0 amide bonds. The monoisotopic (exact) mass is 380 g/mol. The molecule has 2 N–H and O–H groups in total. The van der Waals surface area contributed by atoms with E-state index in [9.17, 15) is 18.0 Å². The predicted molar refractivity (Wildman–Crippen MR) is 90.1 cm³/mol. The first-order valence-electron chi connectivity index (χ1n) is 6.88. The average molecular weight is 381 g/mol. The highest BCUT2D eigenvalue weighted by Gasteiger charge is 2.24. The maximum atomic E-state index is 12.4. The number of carbonyl (C=O) groups is 2. The molecule has 0 unspecified atom stereocenters. The van der Waals surface area contributed by atoms with E-state index >= 15 is 0 Å². The number of hydrogen-bond donors (Lipinski definition) is 2. The molecule has 0 aliphatic rings. The Labute approximate surface area is 147 Å². The van der Waals surface area contributed by atoms with Crippen LogP contribution in [0, 0.1) is 0 Å². The Bertz CT molecular complexity index is 678. The van der Waals surface area contributed by atoms with Crippen molar-refractivity contribution in [1.82, 2.24) is 10.0 Å². The van der Waals surface area contributed by atoms with Gasteiger partial charge in [-0.25, -0.2) is 22.7 Å². The largest absolute Gasteiger partial charge is 0.465 e. The Morgan fingerprint density at radius 3 is 2.25 bits per heavy atom. The fraction of sp³-hybridized carbons (Fsp3) is 0.429. The number of sulfonamides is 1. The zero-order chi connectivity index (χ0) is 17.5. The van der Waals surface area contributed by atoms with Gasteiger partial charge in [0.2, 0.25) is 10.0 Å². The third kappa shape index (κ3) is 5.75. The number of nitrogens with one attached hydrogen (secondary N) is 2. The highest BCUT2D eigenvalue weighted by molar-refractivity contribution is 7.89. The van der Waals surface area contributed by atoms with Crippen LogP contribution in [0.3, 0.4) is 0 Å². The Kier molecular flexibility index (Phi) is 9.52. The second-order valence-electron chi connectivity index (χ2n) is 4.45. The van der Waals surface area contributed by atoms with E-state index in [1.807, 2.05) is 6.92 Å². The summed E-state index contributed by atoms with van der Waals surface area (Å²) in [5.41, 5.74) is -0.136. The number of hydrogen-bond acceptors (Lipinski definition) is 7. The minimum Gasteiger partial charge on any atom is -0.465 e. The van der Waals surface area contributed by atoms with Crippen molar-refractivity contribution in [3.05, 3.63) is 29.3 Å². The van der Waals surface area contributed by atoms with Crippen molar-refractivity contribution in [3.63, 3.8) is 0 Å². The van der Waals surface area contributed by atoms with Gasteiger partial charge in [0.05, 0.1) is 30.2 Å². The van der Waals surface area contributed by atoms with Crippen molar-refractivity contribution < 1.29 is 27.5 Å². The molecule has 10 heteroatoms. The Hall–Kier alpha value is -1.68. The molecular weight excluding hydrogens is 360 g/mol. The lowest BCUT2D eigenvalue weighted by Gasteiger charge is -2.12. The third-order valence-electron chi connectivity index (χ3n) is 2.94. The summed E-state index contributed by atoms with van der Waals surface area (Å²) in [5.74, 6) is -1.51. The van der Waals surface area contributed by atoms with E-state index in [0.717, 1.165) is 13.2 Å². The van der Waals surface area contributed by atoms with E-state index < -0.39 is 22.0 Å². The fourth-order valence-corrected chi connectivity index (χ4v) is 3.05. The van der Waals surface area contributed by atoms with Crippen LogP contribution in [-0.4, -0.2) is 54.2 Å². The first kappa shape index (κ1) is 22.3. The Morgan fingerprint density at radius 2 is 1.71 bits per heavy atom. The lowest BCUT2D eigenvalue weighted by Crippen LogP contribution is -2.32. The van der Waals surface area contributed by atoms with Crippen molar-refractivity contribution >= 4 is 34.4 Å². The molecule has 0 bridgehead atoms. The molecule has 0 atom stereocenters. The molecule has 0 fully saturated rings. The van der Waals surface area contributed by atoms with Gasteiger partial charge >= 0.3 is 11.9 Å². The molecule has 1 aromatic rings. The second kappa shape index (κ2) is 10.2. The minimum absolute atomic E-state index is 0. The molecule has 0 aliphatic carbocycles. The number of ether oxygens (including phenoxy) is 2. The van der Waals surface area contributed by atoms with Gasteiger partial charge in [0.15, 0.2) is 0 Å². The van der Waals surface area contributed by atoms with Crippen LogP contribution < -0.4 is 10.0 Å². The maximum Gasteiger partial charge on any atom is 0.339 e. The van der Waals surface area contributed by atoms with Gasteiger partial charge in [-0.2, -0.15) is 0 Å². The second-order valence-corrected chi connectivity index (χ2v) is 6.18. The van der Waals surface area contributed by atoms with Gasteiger partial charge in [-0.05, 0) is 24.7 Å². The number of benzene rings is 1. The lowest BCUT2D eigenvalue weighted by molar-refractivity contribution is 0.0583. The molecule has 0 heterocycles. The van der Waals surface area contributed by atoms with E-state index in [2.05, 4.69) is 19.5 Å². The van der Waals surface area contributed by atoms with Gasteiger partial charge in [0.1, 0.15) is 0 Å². The van der Waals surface area contributed by atoms with E-state index in [1.54, 1.807) is 0 Å². The van der Waals surface area contributed by atoms with Gasteiger partial charge in [-0.1, -0.05) is 6.92 Å². The molecule has 0 aromatic heterocycles. The van der Waals surface area contributed by atoms with Crippen LogP contribution >= 0.6 is 12.4 Å². The van der Waals surface area contributed by atoms with E-state index in [4.69, 9.17) is 0 Å². The standard InChI is InChI=1S/C14H20N2O6S.ClH/c1-4-15-7-8-16-23(19,20)12-9-10(13(17)21-2)5-6-11(12)14(18)22-3;/h5-6,9,15-16H,4,7-8H2,1-3H3;1H. The van der Waals surface area contributed by atoms with E-state index in [0.29, 0.717) is 13.1 Å². The summed E-state index contributed by atoms with van der Waals surface area (Å²) in [7, 11) is -1.67. The van der Waals surface area contributed by atoms with Crippen molar-refractivity contribution in [2.45, 2.75) is 11.8 Å². The van der Waals surface area contributed by atoms with Crippen LogP contribution in [-0.2, 0) is 19.5 Å². The summed E-state index contributed by atoms with van der Waals surface area (Å²) >= 11 is 0. The predicted octanol–water partition coefficient (Wildman–Crippen LogP) is 0.569. The summed E-state index contributed by atoms with van der Waals surface area (Å²) in [6.07, 6.45) is 0. The first-order chi connectivity index (χ1) is 10.9. The summed E-state index contributed by atoms with van der Waals surface area (Å²) in [5, 5.41) is 2.97. The van der Waals surface area contributed by atoms with Gasteiger partial charge < -0.3 is 14.8 Å². The van der Waals surface area contributed by atoms with E-state index in [1.165, 1.54) is 19.2 Å². The molecule has 24 heavy (non-hydrogen) atoms. The van der Waals surface area contributed by atoms with Gasteiger partial charge in [0, 0.05) is 13.1 Å². The number of carbonyl (C=O) groups excluding carboxylic acids is 2.